The number of benzene rings is 1. The maximum Gasteiger partial charge on any atom is 0.263 e. The van der Waals surface area contributed by atoms with E-state index >= 15 is 0 Å². The Morgan fingerprint density at radius 1 is 1.20 bits per heavy atom. The van der Waals surface area contributed by atoms with E-state index in [1.807, 2.05) is 6.92 Å². The molecule has 0 aliphatic carbocycles. The normalized spacial score (nSPS) is 10.7. The first-order valence-electron chi connectivity index (χ1n) is 7.57. The zero-order valence-corrected chi connectivity index (χ0v) is 14.1. The van der Waals surface area contributed by atoms with Crippen molar-refractivity contribution in [2.24, 2.45) is 0 Å². The van der Waals surface area contributed by atoms with Crippen LogP contribution in [0, 0.1) is 11.6 Å². The number of nitrogens with one attached hydrogen (secondary N) is 1. The minimum Gasteiger partial charge on any atom is -0.347 e. The van der Waals surface area contributed by atoms with Gasteiger partial charge >= 0.3 is 0 Å². The highest BCUT2D eigenvalue weighted by atomic mass is 32.1. The molecule has 0 aliphatic rings. The molecule has 2 aromatic heterocycles. The molecule has 25 heavy (non-hydrogen) atoms. The van der Waals surface area contributed by atoms with Gasteiger partial charge in [-0.05, 0) is 30.2 Å². The van der Waals surface area contributed by atoms with Crippen molar-refractivity contribution in [3.05, 3.63) is 64.4 Å². The van der Waals surface area contributed by atoms with E-state index in [0.29, 0.717) is 33.4 Å². The monoisotopic (exact) mass is 360 g/mol. The summed E-state index contributed by atoms with van der Waals surface area (Å²) in [6, 6.07) is 5.22. The lowest BCUT2D eigenvalue weighted by molar-refractivity contribution is 0.0954. The fourth-order valence-electron chi connectivity index (χ4n) is 2.19. The Labute approximate surface area is 146 Å². The van der Waals surface area contributed by atoms with E-state index in [4.69, 9.17) is 0 Å². The fraction of sp³-hybridized carbons (Fsp3) is 0.176. The molecule has 3 rings (SSSR count). The number of carbonyl (C=O) groups excluding carboxylic acids is 1. The van der Waals surface area contributed by atoms with Gasteiger partial charge in [0.1, 0.15) is 4.88 Å². The molecule has 128 valence electrons. The third-order valence-corrected chi connectivity index (χ3v) is 4.52. The number of amides is 1. The molecule has 0 fully saturated rings. The summed E-state index contributed by atoms with van der Waals surface area (Å²) in [6.07, 6.45) is 3.80. The molecule has 0 radical (unpaired) electrons. The summed E-state index contributed by atoms with van der Waals surface area (Å²) in [5.74, 6) is -1.72. The number of hydrogen-bond donors (Lipinski definition) is 1. The van der Waals surface area contributed by atoms with Crippen molar-refractivity contribution in [1.29, 1.82) is 0 Å². The van der Waals surface area contributed by atoms with Crippen molar-refractivity contribution in [2.45, 2.75) is 19.9 Å². The number of hydrogen-bond acceptors (Lipinski definition) is 5. The van der Waals surface area contributed by atoms with E-state index in [9.17, 15) is 13.6 Å². The van der Waals surface area contributed by atoms with Gasteiger partial charge in [0.15, 0.2) is 22.5 Å². The minimum absolute atomic E-state index is 0.0915. The lowest BCUT2D eigenvalue weighted by Crippen LogP contribution is -2.23. The van der Waals surface area contributed by atoms with Gasteiger partial charge in [-0.3, -0.25) is 4.79 Å². The number of aryl methyl sites for hydroxylation is 1. The zero-order valence-electron chi connectivity index (χ0n) is 13.3. The van der Waals surface area contributed by atoms with Crippen LogP contribution in [0.15, 0.2) is 36.7 Å². The van der Waals surface area contributed by atoms with Crippen LogP contribution in [0.4, 0.5) is 8.78 Å². The van der Waals surface area contributed by atoms with Gasteiger partial charge in [-0.1, -0.05) is 13.0 Å². The predicted octanol–water partition coefficient (Wildman–Crippen LogP) is 3.37. The summed E-state index contributed by atoms with van der Waals surface area (Å²) in [4.78, 5) is 25.6. The molecule has 1 N–H and O–H groups in total. The van der Waals surface area contributed by atoms with Crippen LogP contribution in [0.25, 0.3) is 10.8 Å². The first-order valence-corrected chi connectivity index (χ1v) is 8.39. The fourth-order valence-corrected chi connectivity index (χ4v) is 3.20. The van der Waals surface area contributed by atoms with Crippen molar-refractivity contribution in [1.82, 2.24) is 20.3 Å². The van der Waals surface area contributed by atoms with E-state index in [0.717, 1.165) is 12.1 Å². The quantitative estimate of drug-likeness (QED) is 0.757. The topological polar surface area (TPSA) is 67.8 Å². The molecule has 0 saturated carbocycles. The summed E-state index contributed by atoms with van der Waals surface area (Å²) >= 11 is 1.20. The molecule has 5 nitrogen and oxygen atoms in total. The van der Waals surface area contributed by atoms with Crippen LogP contribution in [-0.4, -0.2) is 20.9 Å². The first-order chi connectivity index (χ1) is 12.1. The Kier molecular flexibility index (Phi) is 5.08. The molecule has 2 heterocycles. The number of carbonyl (C=O) groups is 1. The van der Waals surface area contributed by atoms with Gasteiger partial charge in [-0.15, -0.1) is 11.3 Å². The van der Waals surface area contributed by atoms with E-state index in [-0.39, 0.29) is 12.5 Å². The number of nitrogens with zero attached hydrogens (tertiary/aromatic N) is 3. The number of aromatic nitrogens is 3. The maximum absolute atomic E-state index is 13.2. The summed E-state index contributed by atoms with van der Waals surface area (Å²) in [5, 5.41) is 3.27. The molecule has 1 aromatic carbocycles. The highest BCUT2D eigenvalue weighted by Gasteiger charge is 2.19. The maximum atomic E-state index is 13.2. The third kappa shape index (κ3) is 3.85. The number of rotatable bonds is 5. The van der Waals surface area contributed by atoms with Gasteiger partial charge in [-0.2, -0.15) is 0 Å². The SMILES string of the molecule is CCc1nc(-c2ncccn2)sc1C(=O)NCc1ccc(F)c(F)c1. The Balaban J connectivity index is 1.77. The van der Waals surface area contributed by atoms with E-state index in [1.165, 1.54) is 17.4 Å². The van der Waals surface area contributed by atoms with Gasteiger partial charge < -0.3 is 5.32 Å². The zero-order chi connectivity index (χ0) is 17.8. The van der Waals surface area contributed by atoms with Crippen molar-refractivity contribution in [3.63, 3.8) is 0 Å². The Hall–Kier alpha value is -2.74. The highest BCUT2D eigenvalue weighted by Crippen LogP contribution is 2.26. The van der Waals surface area contributed by atoms with Crippen molar-refractivity contribution in [3.8, 4) is 10.8 Å². The molecule has 3 aromatic rings. The minimum atomic E-state index is -0.942. The highest BCUT2D eigenvalue weighted by molar-refractivity contribution is 7.17. The molecule has 0 atom stereocenters. The van der Waals surface area contributed by atoms with Crippen molar-refractivity contribution in [2.75, 3.05) is 0 Å². The predicted molar refractivity (Wildman–Crippen MR) is 90.0 cm³/mol. The van der Waals surface area contributed by atoms with Crippen LogP contribution in [0.2, 0.25) is 0 Å². The second-order valence-electron chi connectivity index (χ2n) is 5.15. The summed E-state index contributed by atoms with van der Waals surface area (Å²) in [7, 11) is 0. The van der Waals surface area contributed by atoms with Crippen molar-refractivity contribution >= 4 is 17.2 Å². The third-order valence-electron chi connectivity index (χ3n) is 3.43. The van der Waals surface area contributed by atoms with Crippen molar-refractivity contribution < 1.29 is 13.6 Å². The molecular formula is C17H14F2N4OS. The van der Waals surface area contributed by atoms with Crippen LogP contribution in [0.1, 0.15) is 27.9 Å². The Morgan fingerprint density at radius 3 is 2.64 bits per heavy atom. The molecule has 0 saturated heterocycles. The summed E-state index contributed by atoms with van der Waals surface area (Å²) < 4.78 is 26.2. The molecule has 8 heteroatoms. The molecule has 1 amide bonds. The number of halogens is 2. The van der Waals surface area contributed by atoms with Gasteiger partial charge in [0.2, 0.25) is 0 Å². The second kappa shape index (κ2) is 7.43. The molecular weight excluding hydrogens is 346 g/mol. The lowest BCUT2D eigenvalue weighted by Gasteiger charge is -2.05. The van der Waals surface area contributed by atoms with Crippen LogP contribution < -0.4 is 5.32 Å². The molecule has 0 unspecified atom stereocenters. The number of thiazole rings is 1. The van der Waals surface area contributed by atoms with Gasteiger partial charge in [0, 0.05) is 18.9 Å². The summed E-state index contributed by atoms with van der Waals surface area (Å²) in [6.45, 7) is 1.99. The average molecular weight is 360 g/mol. The van der Waals surface area contributed by atoms with Crippen LogP contribution in [-0.2, 0) is 13.0 Å². The van der Waals surface area contributed by atoms with Crippen LogP contribution in [0.3, 0.4) is 0 Å². The average Bonchev–Trinajstić information content (AvgIpc) is 3.08. The molecule has 0 aliphatic heterocycles. The first kappa shape index (κ1) is 17.1. The Bertz CT molecular complexity index is 899. The van der Waals surface area contributed by atoms with E-state index in [1.54, 1.807) is 18.5 Å². The van der Waals surface area contributed by atoms with E-state index in [2.05, 4.69) is 20.3 Å². The lowest BCUT2D eigenvalue weighted by atomic mass is 10.2. The molecule has 0 spiro atoms. The smallest absolute Gasteiger partial charge is 0.263 e. The second-order valence-corrected chi connectivity index (χ2v) is 6.15. The Morgan fingerprint density at radius 2 is 1.96 bits per heavy atom. The standard InChI is InChI=1S/C17H14F2N4OS/c1-2-13-14(25-17(23-13)15-20-6-3-7-21-15)16(24)22-9-10-4-5-11(18)12(19)8-10/h3-8H,2,9H2,1H3,(H,22,24). The van der Waals surface area contributed by atoms with Gasteiger partial charge in [0.05, 0.1) is 5.69 Å². The largest absolute Gasteiger partial charge is 0.347 e. The molecule has 0 bridgehead atoms. The van der Waals surface area contributed by atoms with Gasteiger partial charge in [0.25, 0.3) is 5.91 Å². The summed E-state index contributed by atoms with van der Waals surface area (Å²) in [5.41, 5.74) is 1.12. The van der Waals surface area contributed by atoms with Crippen LogP contribution >= 0.6 is 11.3 Å². The van der Waals surface area contributed by atoms with Crippen LogP contribution in [0.5, 0.6) is 0 Å². The van der Waals surface area contributed by atoms with E-state index < -0.39 is 11.6 Å². The van der Waals surface area contributed by atoms with Gasteiger partial charge in [-0.25, -0.2) is 23.7 Å².